The molecule has 32 heavy (non-hydrogen) atoms. The summed E-state index contributed by atoms with van der Waals surface area (Å²) in [4.78, 5) is 30.3. The summed E-state index contributed by atoms with van der Waals surface area (Å²) < 4.78 is 6.25. The molecule has 0 aliphatic carbocycles. The van der Waals surface area contributed by atoms with Crippen molar-refractivity contribution in [1.82, 2.24) is 9.80 Å². The van der Waals surface area contributed by atoms with Gasteiger partial charge >= 0.3 is 0 Å². The molecular weight excluding hydrogens is 400 g/mol. The predicted octanol–water partition coefficient (Wildman–Crippen LogP) is 4.81. The van der Waals surface area contributed by atoms with E-state index < -0.39 is 0 Å². The van der Waals surface area contributed by atoms with Gasteiger partial charge in [0.05, 0.1) is 11.6 Å². The van der Waals surface area contributed by atoms with E-state index in [1.54, 1.807) is 4.90 Å². The van der Waals surface area contributed by atoms with Crippen LogP contribution < -0.4 is 4.74 Å². The van der Waals surface area contributed by atoms with Gasteiger partial charge < -0.3 is 14.5 Å². The molecule has 0 saturated heterocycles. The van der Waals surface area contributed by atoms with Crippen molar-refractivity contribution < 1.29 is 14.3 Å². The van der Waals surface area contributed by atoms with Crippen LogP contribution in [-0.4, -0.2) is 54.4 Å². The third kappa shape index (κ3) is 5.90. The molecule has 0 unspecified atom stereocenters. The fourth-order valence-electron chi connectivity index (χ4n) is 4.38. The van der Waals surface area contributed by atoms with Crippen LogP contribution >= 0.6 is 0 Å². The van der Waals surface area contributed by atoms with Crippen molar-refractivity contribution in [1.29, 1.82) is 0 Å². The number of amides is 2. The highest BCUT2D eigenvalue weighted by Crippen LogP contribution is 2.24. The van der Waals surface area contributed by atoms with Crippen molar-refractivity contribution in [3.05, 3.63) is 65.7 Å². The highest BCUT2D eigenvalue weighted by molar-refractivity contribution is 5.96. The van der Waals surface area contributed by atoms with Gasteiger partial charge in [0, 0.05) is 26.1 Å². The summed E-state index contributed by atoms with van der Waals surface area (Å²) in [6.07, 6.45) is 4.12. The van der Waals surface area contributed by atoms with Crippen LogP contribution in [0, 0.1) is 5.92 Å². The molecule has 0 aromatic heterocycles. The van der Waals surface area contributed by atoms with E-state index in [-0.39, 0.29) is 23.8 Å². The smallest absolute Gasteiger partial charge is 0.257 e. The van der Waals surface area contributed by atoms with E-state index >= 15 is 0 Å². The van der Waals surface area contributed by atoms with Gasteiger partial charge in [-0.1, -0.05) is 56.3 Å². The lowest BCUT2D eigenvalue weighted by molar-refractivity contribution is -0.139. The number of nitrogens with zero attached hydrogens (tertiary/aromatic N) is 2. The molecule has 172 valence electrons. The maximum absolute atomic E-state index is 13.5. The molecule has 0 saturated carbocycles. The van der Waals surface area contributed by atoms with Gasteiger partial charge in [-0.2, -0.15) is 0 Å². The van der Waals surface area contributed by atoms with Crippen molar-refractivity contribution >= 4 is 11.8 Å². The maximum Gasteiger partial charge on any atom is 0.257 e. The molecule has 2 amide bonds. The SMILES string of the molecule is CCC(CC)C(=O)N1CCCCN(C)C(=O)c2ccccc2OC[C@H]1Cc1ccccc1. The molecule has 5 nitrogen and oxygen atoms in total. The van der Waals surface area contributed by atoms with E-state index in [1.807, 2.05) is 49.5 Å². The minimum Gasteiger partial charge on any atom is -0.491 e. The minimum absolute atomic E-state index is 0.0225. The number of hydrogen-bond acceptors (Lipinski definition) is 3. The van der Waals surface area contributed by atoms with Crippen LogP contribution in [0.2, 0.25) is 0 Å². The Labute approximate surface area is 192 Å². The first-order valence-electron chi connectivity index (χ1n) is 11.9. The Morgan fingerprint density at radius 1 is 1.00 bits per heavy atom. The molecule has 1 aliphatic heterocycles. The lowest BCUT2D eigenvalue weighted by Crippen LogP contribution is -2.48. The zero-order valence-corrected chi connectivity index (χ0v) is 19.6. The quantitative estimate of drug-likeness (QED) is 0.676. The van der Waals surface area contributed by atoms with Gasteiger partial charge in [-0.05, 0) is 49.8 Å². The largest absolute Gasteiger partial charge is 0.491 e. The molecule has 5 heteroatoms. The molecule has 0 bridgehead atoms. The number of ether oxygens (including phenoxy) is 1. The summed E-state index contributed by atoms with van der Waals surface area (Å²) in [6.45, 7) is 5.86. The number of carbonyl (C=O) groups is 2. The topological polar surface area (TPSA) is 49.9 Å². The molecule has 1 atom stereocenters. The van der Waals surface area contributed by atoms with E-state index in [1.165, 1.54) is 5.56 Å². The number of hydrogen-bond donors (Lipinski definition) is 0. The zero-order chi connectivity index (χ0) is 22.9. The Kier molecular flexibility index (Phi) is 8.72. The van der Waals surface area contributed by atoms with Crippen LogP contribution in [0.15, 0.2) is 54.6 Å². The third-order valence-electron chi connectivity index (χ3n) is 6.41. The molecule has 3 rings (SSSR count). The molecular formula is C27H36N2O3. The summed E-state index contributed by atoms with van der Waals surface area (Å²) in [5.74, 6) is 0.802. The Balaban J connectivity index is 1.95. The van der Waals surface area contributed by atoms with E-state index in [0.29, 0.717) is 31.0 Å². The van der Waals surface area contributed by atoms with Gasteiger partial charge in [-0.3, -0.25) is 9.59 Å². The van der Waals surface area contributed by atoms with Crippen LogP contribution in [0.4, 0.5) is 0 Å². The standard InChI is InChI=1S/C27H36N2O3/c1-4-22(5-2)26(30)29-18-12-11-17-28(3)27(31)24-15-9-10-16-25(24)32-20-23(29)19-21-13-7-6-8-14-21/h6-10,13-16,22-23H,4-5,11-12,17-20H2,1-3H3/t23-/m1/s1. The van der Waals surface area contributed by atoms with Gasteiger partial charge in [0.15, 0.2) is 0 Å². The third-order valence-corrected chi connectivity index (χ3v) is 6.41. The first-order valence-corrected chi connectivity index (χ1v) is 11.9. The zero-order valence-electron chi connectivity index (χ0n) is 19.6. The molecule has 0 fully saturated rings. The Bertz CT molecular complexity index is 879. The summed E-state index contributed by atoms with van der Waals surface area (Å²) in [6, 6.07) is 17.6. The van der Waals surface area contributed by atoms with E-state index in [9.17, 15) is 9.59 Å². The highest BCUT2D eigenvalue weighted by Gasteiger charge is 2.29. The van der Waals surface area contributed by atoms with Crippen LogP contribution in [-0.2, 0) is 11.2 Å². The van der Waals surface area contributed by atoms with Crippen molar-refractivity contribution in [2.75, 3.05) is 26.7 Å². The fraction of sp³-hybridized carbons (Fsp3) is 0.481. The molecule has 2 aromatic carbocycles. The molecule has 1 aliphatic rings. The number of benzene rings is 2. The molecule has 0 radical (unpaired) electrons. The number of para-hydroxylation sites is 1. The number of carbonyl (C=O) groups excluding carboxylic acids is 2. The molecule has 0 N–H and O–H groups in total. The normalized spacial score (nSPS) is 17.9. The van der Waals surface area contributed by atoms with Crippen LogP contribution in [0.25, 0.3) is 0 Å². The van der Waals surface area contributed by atoms with Crippen LogP contribution in [0.1, 0.15) is 55.5 Å². The Hall–Kier alpha value is -2.82. The van der Waals surface area contributed by atoms with Crippen molar-refractivity contribution in [3.63, 3.8) is 0 Å². The second kappa shape index (κ2) is 11.7. The molecule has 2 aromatic rings. The monoisotopic (exact) mass is 436 g/mol. The van der Waals surface area contributed by atoms with Gasteiger partial charge in [-0.15, -0.1) is 0 Å². The average molecular weight is 437 g/mol. The van der Waals surface area contributed by atoms with Gasteiger partial charge in [-0.25, -0.2) is 0 Å². The number of fused-ring (bicyclic) bond motifs is 1. The van der Waals surface area contributed by atoms with Crippen molar-refractivity contribution in [2.24, 2.45) is 5.92 Å². The lowest BCUT2D eigenvalue weighted by Gasteiger charge is -2.35. The van der Waals surface area contributed by atoms with Gasteiger partial charge in [0.25, 0.3) is 5.91 Å². The van der Waals surface area contributed by atoms with Crippen molar-refractivity contribution in [2.45, 2.75) is 52.0 Å². The lowest BCUT2D eigenvalue weighted by atomic mass is 9.98. The Morgan fingerprint density at radius 2 is 1.66 bits per heavy atom. The summed E-state index contributed by atoms with van der Waals surface area (Å²) in [5.41, 5.74) is 1.76. The fourth-order valence-corrected chi connectivity index (χ4v) is 4.38. The van der Waals surface area contributed by atoms with E-state index in [4.69, 9.17) is 4.74 Å². The summed E-state index contributed by atoms with van der Waals surface area (Å²) in [5, 5.41) is 0. The van der Waals surface area contributed by atoms with Crippen molar-refractivity contribution in [3.8, 4) is 5.75 Å². The highest BCUT2D eigenvalue weighted by atomic mass is 16.5. The predicted molar refractivity (Wildman–Crippen MR) is 128 cm³/mol. The van der Waals surface area contributed by atoms with E-state index in [2.05, 4.69) is 30.9 Å². The average Bonchev–Trinajstić information content (AvgIpc) is 2.82. The van der Waals surface area contributed by atoms with Gasteiger partial charge in [0.2, 0.25) is 5.91 Å². The van der Waals surface area contributed by atoms with E-state index in [0.717, 1.165) is 32.1 Å². The van der Waals surface area contributed by atoms with Gasteiger partial charge in [0.1, 0.15) is 12.4 Å². The second-order valence-electron chi connectivity index (χ2n) is 8.63. The Morgan fingerprint density at radius 3 is 2.38 bits per heavy atom. The summed E-state index contributed by atoms with van der Waals surface area (Å²) >= 11 is 0. The first-order chi connectivity index (χ1) is 15.5. The maximum atomic E-state index is 13.5. The first kappa shape index (κ1) is 23.8. The second-order valence-corrected chi connectivity index (χ2v) is 8.63. The minimum atomic E-state index is -0.0918. The van der Waals surface area contributed by atoms with Crippen LogP contribution in [0.3, 0.4) is 0 Å². The number of rotatable bonds is 5. The molecule has 1 heterocycles. The molecule has 0 spiro atoms. The van der Waals surface area contributed by atoms with Crippen LogP contribution in [0.5, 0.6) is 5.75 Å². The summed E-state index contributed by atoms with van der Waals surface area (Å²) in [7, 11) is 1.83.